The van der Waals surface area contributed by atoms with E-state index in [4.69, 9.17) is 4.74 Å². The Morgan fingerprint density at radius 1 is 1.14 bits per heavy atom. The van der Waals surface area contributed by atoms with Crippen LogP contribution in [0.5, 0.6) is 5.75 Å². The van der Waals surface area contributed by atoms with Crippen LogP contribution in [0, 0.1) is 6.92 Å². The number of hydrogen-bond acceptors (Lipinski definition) is 4. The van der Waals surface area contributed by atoms with E-state index in [0.717, 1.165) is 22.4 Å². The number of nitrogens with zero attached hydrogens (tertiary/aromatic N) is 2. The van der Waals surface area contributed by atoms with Crippen molar-refractivity contribution in [2.75, 3.05) is 13.7 Å². The predicted octanol–water partition coefficient (Wildman–Crippen LogP) is 3.15. The summed E-state index contributed by atoms with van der Waals surface area (Å²) >= 11 is 0. The van der Waals surface area contributed by atoms with Crippen LogP contribution in [0.2, 0.25) is 0 Å². The van der Waals surface area contributed by atoms with Gasteiger partial charge in [-0.25, -0.2) is 4.68 Å². The third kappa shape index (κ3) is 5.10. The van der Waals surface area contributed by atoms with E-state index in [1.54, 1.807) is 20.1 Å². The second-order valence-corrected chi connectivity index (χ2v) is 6.94. The summed E-state index contributed by atoms with van der Waals surface area (Å²) in [6, 6.07) is 18.0. The van der Waals surface area contributed by atoms with Crippen LogP contribution < -0.4 is 15.6 Å². The van der Waals surface area contributed by atoms with Gasteiger partial charge >= 0.3 is 0 Å². The number of ether oxygens (including phenoxy) is 1. The van der Waals surface area contributed by atoms with Crippen LogP contribution >= 0.6 is 0 Å². The molecule has 0 saturated heterocycles. The van der Waals surface area contributed by atoms with Gasteiger partial charge in [-0.05, 0) is 44.0 Å². The van der Waals surface area contributed by atoms with Gasteiger partial charge in [0, 0.05) is 18.2 Å². The van der Waals surface area contributed by atoms with Gasteiger partial charge in [0.25, 0.3) is 5.56 Å². The first-order valence-corrected chi connectivity index (χ1v) is 9.55. The molecular formula is C23H25N3O3. The van der Waals surface area contributed by atoms with Crippen molar-refractivity contribution in [2.24, 2.45) is 0 Å². The predicted molar refractivity (Wildman–Crippen MR) is 113 cm³/mol. The number of carbonyl (C=O) groups excluding carboxylic acids is 1. The van der Waals surface area contributed by atoms with Gasteiger partial charge in [0.1, 0.15) is 11.8 Å². The zero-order valence-electron chi connectivity index (χ0n) is 16.9. The van der Waals surface area contributed by atoms with Crippen molar-refractivity contribution in [3.63, 3.8) is 0 Å². The topological polar surface area (TPSA) is 73.2 Å². The van der Waals surface area contributed by atoms with E-state index in [2.05, 4.69) is 10.4 Å². The molecule has 0 fully saturated rings. The molecule has 0 aliphatic carbocycles. The van der Waals surface area contributed by atoms with Crippen molar-refractivity contribution in [2.45, 2.75) is 26.3 Å². The molecule has 1 unspecified atom stereocenters. The smallest absolute Gasteiger partial charge is 0.267 e. The molecule has 1 atom stereocenters. The second-order valence-electron chi connectivity index (χ2n) is 6.94. The number of aryl methyl sites for hydroxylation is 1. The number of nitrogens with one attached hydrogen (secondary N) is 1. The number of aromatic nitrogens is 2. The average molecular weight is 391 g/mol. The van der Waals surface area contributed by atoms with E-state index in [-0.39, 0.29) is 11.5 Å². The van der Waals surface area contributed by atoms with Crippen LogP contribution in [0.1, 0.15) is 24.1 Å². The molecule has 0 radical (unpaired) electrons. The van der Waals surface area contributed by atoms with Crippen molar-refractivity contribution in [1.82, 2.24) is 15.1 Å². The van der Waals surface area contributed by atoms with Crippen molar-refractivity contribution in [3.05, 3.63) is 82.1 Å². The molecule has 3 rings (SSSR count). The largest absolute Gasteiger partial charge is 0.497 e. The number of rotatable bonds is 7. The molecule has 1 N–H and O–H groups in total. The van der Waals surface area contributed by atoms with Crippen molar-refractivity contribution in [3.8, 4) is 17.0 Å². The molecule has 1 amide bonds. The molecule has 0 saturated carbocycles. The van der Waals surface area contributed by atoms with Gasteiger partial charge in [0.2, 0.25) is 5.91 Å². The van der Waals surface area contributed by atoms with E-state index in [0.29, 0.717) is 18.7 Å². The van der Waals surface area contributed by atoms with E-state index >= 15 is 0 Å². The first-order valence-electron chi connectivity index (χ1n) is 9.55. The van der Waals surface area contributed by atoms with Gasteiger partial charge in [-0.15, -0.1) is 0 Å². The number of amides is 1. The van der Waals surface area contributed by atoms with Gasteiger partial charge in [0.05, 0.1) is 12.8 Å². The number of hydrogen-bond donors (Lipinski definition) is 1. The van der Waals surface area contributed by atoms with Crippen molar-refractivity contribution >= 4 is 5.91 Å². The van der Waals surface area contributed by atoms with Gasteiger partial charge < -0.3 is 10.1 Å². The van der Waals surface area contributed by atoms with E-state index in [1.165, 1.54) is 10.7 Å². The Labute approximate surface area is 170 Å². The lowest BCUT2D eigenvalue weighted by Crippen LogP contribution is -2.37. The monoisotopic (exact) mass is 391 g/mol. The normalized spacial score (nSPS) is 11.7. The van der Waals surface area contributed by atoms with Crippen LogP contribution in [-0.2, 0) is 11.2 Å². The van der Waals surface area contributed by atoms with E-state index in [9.17, 15) is 9.59 Å². The molecule has 150 valence electrons. The van der Waals surface area contributed by atoms with Gasteiger partial charge in [-0.2, -0.15) is 5.10 Å². The first kappa shape index (κ1) is 20.3. The van der Waals surface area contributed by atoms with Crippen molar-refractivity contribution < 1.29 is 9.53 Å². The summed E-state index contributed by atoms with van der Waals surface area (Å²) < 4.78 is 6.44. The fourth-order valence-corrected chi connectivity index (χ4v) is 3.00. The number of methoxy groups -OCH3 is 1. The van der Waals surface area contributed by atoms with Crippen LogP contribution in [0.4, 0.5) is 0 Å². The molecule has 0 aliphatic heterocycles. The highest BCUT2D eigenvalue weighted by molar-refractivity contribution is 5.79. The molecular weight excluding hydrogens is 366 g/mol. The van der Waals surface area contributed by atoms with Crippen molar-refractivity contribution in [1.29, 1.82) is 0 Å². The lowest BCUT2D eigenvalue weighted by atomic mass is 10.1. The third-order valence-electron chi connectivity index (χ3n) is 4.77. The minimum absolute atomic E-state index is 0.247. The molecule has 6 nitrogen and oxygen atoms in total. The first-order chi connectivity index (χ1) is 14.0. The highest BCUT2D eigenvalue weighted by Gasteiger charge is 2.17. The summed E-state index contributed by atoms with van der Waals surface area (Å²) in [5, 5.41) is 7.29. The Bertz CT molecular complexity index is 1040. The molecule has 6 heteroatoms. The van der Waals surface area contributed by atoms with E-state index < -0.39 is 6.04 Å². The zero-order chi connectivity index (χ0) is 20.8. The SMILES string of the molecule is COc1cccc(CCNC(=O)C(C)n2nc(-c3ccc(C)cc3)ccc2=O)c1. The summed E-state index contributed by atoms with van der Waals surface area (Å²) in [5.41, 5.74) is 3.45. The molecule has 29 heavy (non-hydrogen) atoms. The fraction of sp³-hybridized carbons (Fsp3) is 0.261. The Morgan fingerprint density at radius 2 is 1.90 bits per heavy atom. The summed E-state index contributed by atoms with van der Waals surface area (Å²) in [6.07, 6.45) is 0.668. The van der Waals surface area contributed by atoms with Crippen LogP contribution in [0.15, 0.2) is 65.5 Å². The number of carbonyl (C=O) groups is 1. The van der Waals surface area contributed by atoms with E-state index in [1.807, 2.05) is 55.5 Å². The Morgan fingerprint density at radius 3 is 2.62 bits per heavy atom. The zero-order valence-corrected chi connectivity index (χ0v) is 16.9. The molecule has 0 aliphatic rings. The highest BCUT2D eigenvalue weighted by Crippen LogP contribution is 2.17. The van der Waals surface area contributed by atoms with Gasteiger partial charge in [-0.3, -0.25) is 9.59 Å². The quantitative estimate of drug-likeness (QED) is 0.672. The van der Waals surface area contributed by atoms with Crippen LogP contribution in [0.3, 0.4) is 0 Å². The maximum atomic E-state index is 12.6. The lowest BCUT2D eigenvalue weighted by molar-refractivity contribution is -0.124. The van der Waals surface area contributed by atoms with Crippen LogP contribution in [0.25, 0.3) is 11.3 Å². The molecule has 1 heterocycles. The Kier molecular flexibility index (Phi) is 6.44. The standard InChI is InChI=1S/C23H25N3O3/c1-16-7-9-19(10-8-16)21-11-12-22(27)26(25-21)17(2)23(28)24-14-13-18-5-4-6-20(15-18)29-3/h4-12,15,17H,13-14H2,1-3H3,(H,24,28). The summed E-state index contributed by atoms with van der Waals surface area (Å²) in [5.74, 6) is 0.536. The van der Waals surface area contributed by atoms with Crippen LogP contribution in [-0.4, -0.2) is 29.3 Å². The Balaban J connectivity index is 1.67. The average Bonchev–Trinajstić information content (AvgIpc) is 2.74. The Hall–Kier alpha value is -3.41. The molecule has 0 bridgehead atoms. The minimum atomic E-state index is -0.710. The summed E-state index contributed by atoms with van der Waals surface area (Å²) in [6.45, 7) is 4.15. The third-order valence-corrected chi connectivity index (χ3v) is 4.77. The maximum absolute atomic E-state index is 12.6. The highest BCUT2D eigenvalue weighted by atomic mass is 16.5. The lowest BCUT2D eigenvalue weighted by Gasteiger charge is -2.15. The summed E-state index contributed by atoms with van der Waals surface area (Å²) in [4.78, 5) is 24.8. The minimum Gasteiger partial charge on any atom is -0.497 e. The fourth-order valence-electron chi connectivity index (χ4n) is 3.00. The summed E-state index contributed by atoms with van der Waals surface area (Å²) in [7, 11) is 1.62. The second kappa shape index (κ2) is 9.19. The molecule has 2 aromatic carbocycles. The maximum Gasteiger partial charge on any atom is 0.267 e. The molecule has 3 aromatic rings. The van der Waals surface area contributed by atoms with Gasteiger partial charge in [-0.1, -0.05) is 42.0 Å². The molecule has 0 spiro atoms. The molecule has 1 aromatic heterocycles. The van der Waals surface area contributed by atoms with Gasteiger partial charge in [0.15, 0.2) is 0 Å². The number of benzene rings is 2.